The zero-order chi connectivity index (χ0) is 23.6. The van der Waals surface area contributed by atoms with E-state index < -0.39 is 9.84 Å². The Morgan fingerprint density at radius 1 is 1.06 bits per heavy atom. The van der Waals surface area contributed by atoms with E-state index >= 15 is 0 Å². The minimum absolute atomic E-state index is 0.0789. The maximum atomic E-state index is 13.5. The number of benzene rings is 2. The normalized spacial score (nSPS) is 19.2. The standard InChI is InChI=1S/C24H26N6O3S/c1-15-5-8-21(16(2)12-15)34(32,33)24-22-25-23(31)19-7-6-17(13-20(19)30(22)27-26-24)29-11-10-28-9-3-4-18(28)14-29/h5-8,12-13,18H,3-4,9-11,14H2,1-2H3,(H,25,31). The number of aryl methyl sites for hydroxylation is 2. The molecule has 1 unspecified atom stereocenters. The molecule has 0 saturated carbocycles. The van der Waals surface area contributed by atoms with Crippen LogP contribution in [-0.2, 0) is 9.84 Å². The summed E-state index contributed by atoms with van der Waals surface area (Å²) >= 11 is 0. The fourth-order valence-electron chi connectivity index (χ4n) is 5.41. The van der Waals surface area contributed by atoms with E-state index in [-0.39, 0.29) is 21.1 Å². The van der Waals surface area contributed by atoms with Gasteiger partial charge in [0.05, 0.1) is 15.8 Å². The summed E-state index contributed by atoms with van der Waals surface area (Å²) in [4.78, 5) is 20.7. The number of H-pyrrole nitrogens is 1. The van der Waals surface area contributed by atoms with Crippen LogP contribution < -0.4 is 10.5 Å². The molecule has 0 radical (unpaired) electrons. The number of hydrogen-bond donors (Lipinski definition) is 1. The largest absolute Gasteiger partial charge is 0.369 e. The molecule has 4 heterocycles. The molecule has 2 aromatic heterocycles. The van der Waals surface area contributed by atoms with Gasteiger partial charge in [-0.1, -0.05) is 22.9 Å². The molecule has 2 aliphatic rings. The van der Waals surface area contributed by atoms with Crippen molar-refractivity contribution in [2.24, 2.45) is 0 Å². The van der Waals surface area contributed by atoms with E-state index in [0.29, 0.717) is 22.5 Å². The third kappa shape index (κ3) is 3.24. The molecule has 176 valence electrons. The molecular weight excluding hydrogens is 452 g/mol. The van der Waals surface area contributed by atoms with Crippen molar-refractivity contribution >= 4 is 32.1 Å². The van der Waals surface area contributed by atoms with Crippen LogP contribution in [-0.4, -0.2) is 65.4 Å². The lowest BCUT2D eigenvalue weighted by Gasteiger charge is -2.38. The fourth-order valence-corrected chi connectivity index (χ4v) is 6.89. The lowest BCUT2D eigenvalue weighted by molar-refractivity contribution is 0.231. The van der Waals surface area contributed by atoms with E-state index in [9.17, 15) is 13.2 Å². The zero-order valence-corrected chi connectivity index (χ0v) is 20.0. The first kappa shape index (κ1) is 21.3. The molecule has 10 heteroatoms. The molecule has 0 aliphatic carbocycles. The maximum Gasteiger partial charge on any atom is 0.259 e. The number of nitrogens with one attached hydrogen (secondary N) is 1. The maximum absolute atomic E-state index is 13.5. The summed E-state index contributed by atoms with van der Waals surface area (Å²) in [7, 11) is -3.98. The predicted molar refractivity (Wildman–Crippen MR) is 129 cm³/mol. The minimum atomic E-state index is -3.98. The van der Waals surface area contributed by atoms with Crippen LogP contribution in [0.5, 0.6) is 0 Å². The lowest BCUT2D eigenvalue weighted by atomic mass is 10.1. The van der Waals surface area contributed by atoms with Crippen LogP contribution in [0.1, 0.15) is 24.0 Å². The molecule has 2 aliphatic heterocycles. The number of anilines is 1. The van der Waals surface area contributed by atoms with Gasteiger partial charge in [-0.2, -0.15) is 4.52 Å². The summed E-state index contributed by atoms with van der Waals surface area (Å²) in [6, 6.07) is 11.4. The van der Waals surface area contributed by atoms with Gasteiger partial charge in [0.25, 0.3) is 5.56 Å². The SMILES string of the molecule is Cc1ccc(S(=O)(=O)c2nnn3c2[nH]c(=O)c2ccc(N4CCN5CCCC5C4)cc23)c(C)c1. The first-order valence-corrected chi connectivity index (χ1v) is 13.0. The van der Waals surface area contributed by atoms with E-state index in [2.05, 4.69) is 25.1 Å². The first-order chi connectivity index (χ1) is 16.3. The third-order valence-corrected chi connectivity index (χ3v) is 8.97. The Hall–Kier alpha value is -3.24. The van der Waals surface area contributed by atoms with Crippen LogP contribution >= 0.6 is 0 Å². The molecule has 0 bridgehead atoms. The van der Waals surface area contributed by atoms with Gasteiger partial charge in [-0.25, -0.2) is 8.42 Å². The summed E-state index contributed by atoms with van der Waals surface area (Å²) < 4.78 is 28.3. The number of nitrogens with zero attached hydrogens (tertiary/aromatic N) is 5. The molecule has 2 saturated heterocycles. The Kier molecular flexibility index (Phi) is 4.79. The number of piperazine rings is 1. The van der Waals surface area contributed by atoms with Gasteiger partial charge in [-0.15, -0.1) is 5.10 Å². The minimum Gasteiger partial charge on any atom is -0.369 e. The number of sulfone groups is 1. The van der Waals surface area contributed by atoms with E-state index in [4.69, 9.17) is 0 Å². The van der Waals surface area contributed by atoms with Crippen molar-refractivity contribution in [3.8, 4) is 0 Å². The van der Waals surface area contributed by atoms with E-state index in [1.54, 1.807) is 25.1 Å². The van der Waals surface area contributed by atoms with Crippen LogP contribution in [0.25, 0.3) is 16.6 Å². The number of aromatic amines is 1. The molecule has 0 spiro atoms. The van der Waals surface area contributed by atoms with Gasteiger partial charge in [0.2, 0.25) is 14.9 Å². The number of hydrogen-bond acceptors (Lipinski definition) is 7. The molecule has 1 N–H and O–H groups in total. The molecule has 9 nitrogen and oxygen atoms in total. The van der Waals surface area contributed by atoms with Crippen molar-refractivity contribution in [3.63, 3.8) is 0 Å². The first-order valence-electron chi connectivity index (χ1n) is 11.6. The van der Waals surface area contributed by atoms with Gasteiger partial charge in [-0.05, 0) is 63.1 Å². The number of aromatic nitrogens is 4. The van der Waals surface area contributed by atoms with E-state index in [1.807, 2.05) is 25.1 Å². The Labute approximate surface area is 196 Å². The Morgan fingerprint density at radius 2 is 1.91 bits per heavy atom. The summed E-state index contributed by atoms with van der Waals surface area (Å²) in [5.41, 5.74) is 2.84. The average molecular weight is 479 g/mol. The van der Waals surface area contributed by atoms with Gasteiger partial charge >= 0.3 is 0 Å². The van der Waals surface area contributed by atoms with Gasteiger partial charge in [-0.3, -0.25) is 9.69 Å². The quantitative estimate of drug-likeness (QED) is 0.482. The Bertz CT molecular complexity index is 1610. The summed E-state index contributed by atoms with van der Waals surface area (Å²) in [5.74, 6) is 0. The fraction of sp³-hybridized carbons (Fsp3) is 0.375. The Balaban J connectivity index is 1.48. The smallest absolute Gasteiger partial charge is 0.259 e. The van der Waals surface area contributed by atoms with Crippen molar-refractivity contribution in [1.29, 1.82) is 0 Å². The number of rotatable bonds is 3. The van der Waals surface area contributed by atoms with Crippen LogP contribution in [0.2, 0.25) is 0 Å². The predicted octanol–water partition coefficient (Wildman–Crippen LogP) is 2.30. The van der Waals surface area contributed by atoms with Crippen molar-refractivity contribution in [3.05, 3.63) is 57.9 Å². The van der Waals surface area contributed by atoms with Gasteiger partial charge < -0.3 is 9.88 Å². The molecule has 0 amide bonds. The molecule has 2 fully saturated rings. The molecule has 2 aromatic carbocycles. The molecule has 6 rings (SSSR count). The van der Waals surface area contributed by atoms with Crippen LogP contribution in [0.3, 0.4) is 0 Å². The van der Waals surface area contributed by atoms with Crippen LogP contribution in [0.4, 0.5) is 5.69 Å². The highest BCUT2D eigenvalue weighted by molar-refractivity contribution is 7.91. The summed E-state index contributed by atoms with van der Waals surface area (Å²) in [6.45, 7) is 7.71. The molecule has 4 aromatic rings. The second-order valence-electron chi connectivity index (χ2n) is 9.36. The average Bonchev–Trinajstić information content (AvgIpc) is 3.45. The van der Waals surface area contributed by atoms with Gasteiger partial charge in [0, 0.05) is 31.4 Å². The van der Waals surface area contributed by atoms with Gasteiger partial charge in [0.1, 0.15) is 0 Å². The summed E-state index contributed by atoms with van der Waals surface area (Å²) in [5, 5.41) is 8.37. The highest BCUT2D eigenvalue weighted by Crippen LogP contribution is 2.29. The molecule has 34 heavy (non-hydrogen) atoms. The van der Waals surface area contributed by atoms with Crippen molar-refractivity contribution in [2.75, 3.05) is 31.1 Å². The molecular formula is C24H26N6O3S. The Morgan fingerprint density at radius 3 is 2.74 bits per heavy atom. The molecule has 1 atom stereocenters. The van der Waals surface area contributed by atoms with Gasteiger partial charge in [0.15, 0.2) is 5.65 Å². The highest BCUT2D eigenvalue weighted by Gasteiger charge is 2.31. The topological polar surface area (TPSA) is 104 Å². The van der Waals surface area contributed by atoms with Crippen molar-refractivity contribution in [1.82, 2.24) is 24.7 Å². The highest BCUT2D eigenvalue weighted by atomic mass is 32.2. The third-order valence-electron chi connectivity index (χ3n) is 7.15. The lowest BCUT2D eigenvalue weighted by Crippen LogP contribution is -2.50. The van der Waals surface area contributed by atoms with Crippen LogP contribution in [0.15, 0.2) is 51.1 Å². The summed E-state index contributed by atoms with van der Waals surface area (Å²) in [6.07, 6.45) is 2.44. The number of fused-ring (bicyclic) bond motifs is 4. The second kappa shape index (κ2) is 7.64. The monoisotopic (exact) mass is 478 g/mol. The zero-order valence-electron chi connectivity index (χ0n) is 19.2. The van der Waals surface area contributed by atoms with Crippen LogP contribution in [0, 0.1) is 13.8 Å². The van der Waals surface area contributed by atoms with Crippen molar-refractivity contribution in [2.45, 2.75) is 42.7 Å². The van der Waals surface area contributed by atoms with E-state index in [1.165, 1.54) is 23.9 Å². The van der Waals surface area contributed by atoms with E-state index in [0.717, 1.165) is 30.9 Å². The second-order valence-corrected chi connectivity index (χ2v) is 11.2. The van der Waals surface area contributed by atoms with Crippen molar-refractivity contribution < 1.29 is 8.42 Å².